The van der Waals surface area contributed by atoms with Crippen molar-refractivity contribution < 1.29 is 17.6 Å². The summed E-state index contributed by atoms with van der Waals surface area (Å²) in [6.07, 6.45) is 14.3. The van der Waals surface area contributed by atoms with Crippen LogP contribution < -0.4 is 10.6 Å². The first-order valence-corrected chi connectivity index (χ1v) is 19.1. The van der Waals surface area contributed by atoms with Crippen LogP contribution in [0.15, 0.2) is 36.7 Å². The molecule has 0 atom stereocenters. The molecular weight excluding hydrogens is 580 g/mol. The van der Waals surface area contributed by atoms with Crippen LogP contribution in [0.25, 0.3) is 22.8 Å². The lowest BCUT2D eigenvalue weighted by atomic mass is 9.83. The lowest BCUT2D eigenvalue weighted by Crippen LogP contribution is -2.54. The molecule has 234 valence electrons. The predicted molar refractivity (Wildman–Crippen MR) is 170 cm³/mol. The minimum absolute atomic E-state index is 0.115. The maximum absolute atomic E-state index is 15.9. The van der Waals surface area contributed by atoms with E-state index in [1.807, 2.05) is 26.5 Å². The van der Waals surface area contributed by atoms with Crippen molar-refractivity contribution in [1.29, 1.82) is 0 Å². The van der Waals surface area contributed by atoms with E-state index in [0.717, 1.165) is 68.4 Å². The molecule has 6 rings (SSSR count). The molecule has 9 heteroatoms. The van der Waals surface area contributed by atoms with E-state index in [2.05, 4.69) is 13.1 Å². The number of hydrogen-bond acceptors (Lipinski definition) is 2. The monoisotopic (exact) mass is 622 g/mol. The molecule has 0 saturated heterocycles. The molecule has 0 bridgehead atoms. The third-order valence-electron chi connectivity index (χ3n) is 10.1. The summed E-state index contributed by atoms with van der Waals surface area (Å²) in [6.45, 7) is 4.21. The Balaban J connectivity index is 1.32. The van der Waals surface area contributed by atoms with Gasteiger partial charge < -0.3 is 9.13 Å². The Labute approximate surface area is 258 Å². The van der Waals surface area contributed by atoms with Crippen LogP contribution in [0.4, 0.5) is 17.6 Å². The SMILES string of the molecule is Cn1cc([Si](C)(C)c2cn(C)c(-c3ccc(F)c(C4CCCCC4)c3F)n2)nc1-c1ccc(F)c(CC2CCCCC2)c1F. The summed E-state index contributed by atoms with van der Waals surface area (Å²) in [5.74, 6) is -0.960. The molecule has 0 spiro atoms. The first-order chi connectivity index (χ1) is 21.1. The zero-order valence-electron chi connectivity index (χ0n) is 26.2. The molecule has 0 N–H and O–H groups in total. The van der Waals surface area contributed by atoms with Crippen LogP contribution in [0.1, 0.15) is 81.3 Å². The number of aromatic nitrogens is 4. The van der Waals surface area contributed by atoms with Gasteiger partial charge in [-0.3, -0.25) is 0 Å². The van der Waals surface area contributed by atoms with E-state index < -0.39 is 31.3 Å². The minimum Gasteiger partial charge on any atom is -0.334 e. The van der Waals surface area contributed by atoms with E-state index >= 15 is 8.78 Å². The summed E-state index contributed by atoms with van der Waals surface area (Å²) < 4.78 is 65.2. The van der Waals surface area contributed by atoms with Gasteiger partial charge in [-0.05, 0) is 55.4 Å². The summed E-state index contributed by atoms with van der Waals surface area (Å²) >= 11 is 0. The molecule has 2 aromatic carbocycles. The Morgan fingerprint density at radius 1 is 0.682 bits per heavy atom. The zero-order chi connectivity index (χ0) is 31.2. The molecule has 0 radical (unpaired) electrons. The van der Waals surface area contributed by atoms with E-state index in [1.54, 1.807) is 9.13 Å². The Hall–Kier alpha value is -3.20. The summed E-state index contributed by atoms with van der Waals surface area (Å²) in [5, 5.41) is 1.58. The highest BCUT2D eigenvalue weighted by Crippen LogP contribution is 2.38. The number of nitrogens with zero attached hydrogens (tertiary/aromatic N) is 4. The van der Waals surface area contributed by atoms with E-state index in [0.29, 0.717) is 35.1 Å². The van der Waals surface area contributed by atoms with E-state index in [4.69, 9.17) is 9.97 Å². The quantitative estimate of drug-likeness (QED) is 0.155. The molecule has 4 nitrogen and oxygen atoms in total. The van der Waals surface area contributed by atoms with Gasteiger partial charge in [0.1, 0.15) is 34.9 Å². The van der Waals surface area contributed by atoms with Crippen molar-refractivity contribution in [2.24, 2.45) is 20.0 Å². The minimum atomic E-state index is -2.55. The first-order valence-electron chi connectivity index (χ1n) is 16.1. The largest absolute Gasteiger partial charge is 0.334 e. The van der Waals surface area contributed by atoms with Gasteiger partial charge in [0.2, 0.25) is 0 Å². The Morgan fingerprint density at radius 2 is 1.18 bits per heavy atom. The number of rotatable bonds is 7. The van der Waals surface area contributed by atoms with Crippen LogP contribution in [0.2, 0.25) is 13.1 Å². The average Bonchev–Trinajstić information content (AvgIpc) is 3.60. The Kier molecular flexibility index (Phi) is 8.61. The second kappa shape index (κ2) is 12.3. The summed E-state index contributed by atoms with van der Waals surface area (Å²) in [5.41, 5.74) is 0.924. The summed E-state index contributed by atoms with van der Waals surface area (Å²) in [4.78, 5) is 9.83. The molecule has 44 heavy (non-hydrogen) atoms. The average molecular weight is 623 g/mol. The highest BCUT2D eigenvalue weighted by molar-refractivity contribution is 6.99. The molecule has 2 heterocycles. The number of halogens is 4. The van der Waals surface area contributed by atoms with Gasteiger partial charge in [-0.25, -0.2) is 27.5 Å². The smallest absolute Gasteiger partial charge is 0.162 e. The molecule has 2 fully saturated rings. The number of hydrogen-bond donors (Lipinski definition) is 0. The lowest BCUT2D eigenvalue weighted by molar-refractivity contribution is 0.348. The summed E-state index contributed by atoms with van der Waals surface area (Å²) in [7, 11) is 1.10. The van der Waals surface area contributed by atoms with Crippen LogP contribution in [-0.4, -0.2) is 27.2 Å². The highest BCUT2D eigenvalue weighted by atomic mass is 28.3. The fourth-order valence-electron chi connectivity index (χ4n) is 7.31. The van der Waals surface area contributed by atoms with Crippen molar-refractivity contribution in [2.45, 2.75) is 89.6 Å². The summed E-state index contributed by atoms with van der Waals surface area (Å²) in [6, 6.07) is 5.69. The number of imidazole rings is 2. The van der Waals surface area contributed by atoms with Crippen LogP contribution in [-0.2, 0) is 20.5 Å². The van der Waals surface area contributed by atoms with E-state index in [-0.39, 0.29) is 17.0 Å². The fraction of sp³-hybridized carbons (Fsp3) is 0.486. The third kappa shape index (κ3) is 5.68. The molecular formula is C35H42F4N4Si. The molecule has 4 aromatic rings. The van der Waals surface area contributed by atoms with Gasteiger partial charge in [0.05, 0.1) is 11.1 Å². The second-order valence-corrected chi connectivity index (χ2v) is 17.8. The molecule has 0 unspecified atom stereocenters. The van der Waals surface area contributed by atoms with Gasteiger partial charge in [-0.15, -0.1) is 0 Å². The molecule has 2 aromatic heterocycles. The highest BCUT2D eigenvalue weighted by Gasteiger charge is 2.35. The van der Waals surface area contributed by atoms with Crippen LogP contribution in [0.3, 0.4) is 0 Å². The van der Waals surface area contributed by atoms with Gasteiger partial charge in [0.15, 0.2) is 8.07 Å². The lowest BCUT2D eigenvalue weighted by Gasteiger charge is -2.23. The third-order valence-corrected chi connectivity index (χ3v) is 13.1. The van der Waals surface area contributed by atoms with Crippen molar-refractivity contribution in [3.63, 3.8) is 0 Å². The van der Waals surface area contributed by atoms with Crippen molar-refractivity contribution in [3.05, 3.63) is 71.1 Å². The van der Waals surface area contributed by atoms with Gasteiger partial charge in [0.25, 0.3) is 0 Å². The normalized spacial score (nSPS) is 17.0. The van der Waals surface area contributed by atoms with Gasteiger partial charge in [-0.1, -0.05) is 64.5 Å². The van der Waals surface area contributed by atoms with Gasteiger partial charge in [0, 0.05) is 48.3 Å². The van der Waals surface area contributed by atoms with Crippen LogP contribution in [0, 0.1) is 29.2 Å². The molecule has 2 aliphatic carbocycles. The Morgan fingerprint density at radius 3 is 1.75 bits per heavy atom. The van der Waals surface area contributed by atoms with Gasteiger partial charge >= 0.3 is 0 Å². The second-order valence-electron chi connectivity index (χ2n) is 13.5. The fourth-order valence-corrected chi connectivity index (χ4v) is 9.38. The van der Waals surface area contributed by atoms with Crippen molar-refractivity contribution in [1.82, 2.24) is 19.1 Å². The van der Waals surface area contributed by atoms with Crippen molar-refractivity contribution in [2.75, 3.05) is 0 Å². The zero-order valence-corrected chi connectivity index (χ0v) is 27.2. The first kappa shape index (κ1) is 30.8. The van der Waals surface area contributed by atoms with E-state index in [9.17, 15) is 8.78 Å². The molecule has 0 amide bonds. The Bertz CT molecular complexity index is 1660. The van der Waals surface area contributed by atoms with E-state index in [1.165, 1.54) is 30.7 Å². The van der Waals surface area contributed by atoms with Gasteiger partial charge in [-0.2, -0.15) is 0 Å². The van der Waals surface area contributed by atoms with Crippen LogP contribution >= 0.6 is 0 Å². The molecule has 2 aliphatic rings. The molecule has 0 aliphatic heterocycles. The molecule has 2 saturated carbocycles. The standard InChI is InChI=1S/C35H42F4N4Si/c1-42-20-29(40-34(42)24-15-17-27(36)26(32(24)38)19-22-11-7-5-8-12-22)44(3,4)30-21-43(2)35(41-30)25-16-18-28(37)31(33(25)39)23-13-9-6-10-14-23/h15-18,20-23H,5-14,19H2,1-4H3. The maximum Gasteiger partial charge on any atom is 0.162 e. The predicted octanol–water partition coefficient (Wildman–Crippen LogP) is 8.04. The number of aryl methyl sites for hydroxylation is 2. The van der Waals surface area contributed by atoms with Crippen molar-refractivity contribution in [3.8, 4) is 22.8 Å². The van der Waals surface area contributed by atoms with Crippen molar-refractivity contribution >= 4 is 18.7 Å². The van der Waals surface area contributed by atoms with Crippen LogP contribution in [0.5, 0.6) is 0 Å². The maximum atomic E-state index is 15.9. The number of benzene rings is 2. The topological polar surface area (TPSA) is 35.6 Å².